The topological polar surface area (TPSA) is 62.2 Å². The average molecular weight is 294 g/mol. The van der Waals surface area contributed by atoms with Gasteiger partial charge in [-0.05, 0) is 18.1 Å². The third-order valence-electron chi connectivity index (χ3n) is 2.87. The van der Waals surface area contributed by atoms with Crippen molar-refractivity contribution in [3.8, 4) is 11.3 Å². The maximum atomic E-state index is 13.7. The summed E-state index contributed by atoms with van der Waals surface area (Å²) in [5, 5.41) is 14.2. The van der Waals surface area contributed by atoms with Crippen molar-refractivity contribution in [2.75, 3.05) is 5.32 Å². The molecule has 0 aliphatic heterocycles. The highest BCUT2D eigenvalue weighted by molar-refractivity contribution is 7.14. The highest BCUT2D eigenvalue weighted by atomic mass is 32.1. The second kappa shape index (κ2) is 6.00. The van der Waals surface area contributed by atoms with Gasteiger partial charge in [-0.3, -0.25) is 0 Å². The summed E-state index contributed by atoms with van der Waals surface area (Å²) in [6, 6.07) is 5.65. The largest absolute Gasteiger partial charge is 0.480 e. The number of aliphatic carboxylic acids is 1. The molecular weight excluding hydrogens is 279 g/mol. The van der Waals surface area contributed by atoms with E-state index in [1.165, 1.54) is 17.4 Å². The van der Waals surface area contributed by atoms with E-state index in [1.54, 1.807) is 23.6 Å². The lowest BCUT2D eigenvalue weighted by Gasteiger charge is -2.16. The Kier molecular flexibility index (Phi) is 4.34. The van der Waals surface area contributed by atoms with Crippen molar-refractivity contribution in [1.82, 2.24) is 4.98 Å². The lowest BCUT2D eigenvalue weighted by molar-refractivity contribution is -0.138. The Hall–Kier alpha value is -1.95. The molecule has 1 aromatic carbocycles. The molecule has 0 spiro atoms. The van der Waals surface area contributed by atoms with Gasteiger partial charge < -0.3 is 10.4 Å². The van der Waals surface area contributed by atoms with Crippen molar-refractivity contribution in [1.29, 1.82) is 0 Å². The molecule has 0 unspecified atom stereocenters. The number of thiazole rings is 1. The molecule has 4 nitrogen and oxygen atoms in total. The fraction of sp³-hybridized carbons (Fsp3) is 0.286. The van der Waals surface area contributed by atoms with E-state index in [1.807, 2.05) is 13.8 Å². The number of nitrogens with one attached hydrogen (secondary N) is 1. The Morgan fingerprint density at radius 1 is 1.40 bits per heavy atom. The van der Waals surface area contributed by atoms with Crippen LogP contribution in [0, 0.1) is 11.7 Å². The third kappa shape index (κ3) is 3.14. The zero-order chi connectivity index (χ0) is 14.7. The third-order valence-corrected chi connectivity index (χ3v) is 3.64. The van der Waals surface area contributed by atoms with Gasteiger partial charge in [0.25, 0.3) is 0 Å². The Balaban J connectivity index is 2.21. The number of carboxylic acids is 1. The molecule has 0 saturated carbocycles. The molecule has 20 heavy (non-hydrogen) atoms. The van der Waals surface area contributed by atoms with Crippen LogP contribution in [0.4, 0.5) is 9.52 Å². The number of hydrogen-bond donors (Lipinski definition) is 2. The Labute approximate surface area is 120 Å². The minimum atomic E-state index is -0.928. The van der Waals surface area contributed by atoms with E-state index >= 15 is 0 Å². The monoisotopic (exact) mass is 294 g/mol. The summed E-state index contributed by atoms with van der Waals surface area (Å²) in [5.74, 6) is -1.35. The first-order valence-electron chi connectivity index (χ1n) is 6.19. The summed E-state index contributed by atoms with van der Waals surface area (Å²) in [4.78, 5) is 15.4. The van der Waals surface area contributed by atoms with Crippen LogP contribution >= 0.6 is 11.3 Å². The number of halogens is 1. The lowest BCUT2D eigenvalue weighted by Crippen LogP contribution is -2.34. The first kappa shape index (κ1) is 14.5. The van der Waals surface area contributed by atoms with Crippen molar-refractivity contribution < 1.29 is 14.3 Å². The number of aromatic nitrogens is 1. The molecule has 1 heterocycles. The van der Waals surface area contributed by atoms with Gasteiger partial charge in [-0.2, -0.15) is 0 Å². The summed E-state index contributed by atoms with van der Waals surface area (Å²) < 4.78 is 13.7. The molecule has 0 amide bonds. The maximum Gasteiger partial charge on any atom is 0.326 e. The van der Waals surface area contributed by atoms with E-state index in [9.17, 15) is 9.18 Å². The Bertz CT molecular complexity index is 613. The highest BCUT2D eigenvalue weighted by Crippen LogP contribution is 2.27. The smallest absolute Gasteiger partial charge is 0.326 e. The van der Waals surface area contributed by atoms with E-state index in [2.05, 4.69) is 10.3 Å². The number of carbonyl (C=O) groups is 1. The summed E-state index contributed by atoms with van der Waals surface area (Å²) in [6.07, 6.45) is 0. The predicted octanol–water partition coefficient (Wildman–Crippen LogP) is 3.47. The van der Waals surface area contributed by atoms with Crippen LogP contribution in [0.3, 0.4) is 0 Å². The second-order valence-electron chi connectivity index (χ2n) is 4.72. The van der Waals surface area contributed by atoms with E-state index in [0.717, 1.165) is 0 Å². The molecule has 0 saturated heterocycles. The zero-order valence-electron chi connectivity index (χ0n) is 11.1. The van der Waals surface area contributed by atoms with Gasteiger partial charge in [-0.25, -0.2) is 14.2 Å². The first-order chi connectivity index (χ1) is 9.49. The van der Waals surface area contributed by atoms with Crippen LogP contribution in [-0.4, -0.2) is 22.1 Å². The normalized spacial score (nSPS) is 12.4. The quantitative estimate of drug-likeness (QED) is 0.886. The SMILES string of the molecule is CC(C)[C@@H](Nc1nc(-c2ccccc2F)cs1)C(=O)O. The van der Waals surface area contributed by atoms with Gasteiger partial charge in [0.1, 0.15) is 11.9 Å². The molecule has 0 bridgehead atoms. The van der Waals surface area contributed by atoms with Gasteiger partial charge in [0, 0.05) is 10.9 Å². The molecule has 2 rings (SSSR count). The first-order valence-corrected chi connectivity index (χ1v) is 7.06. The molecule has 1 aromatic heterocycles. The number of benzene rings is 1. The van der Waals surface area contributed by atoms with Gasteiger partial charge in [-0.1, -0.05) is 26.0 Å². The molecule has 0 aliphatic carbocycles. The van der Waals surface area contributed by atoms with Crippen LogP contribution in [0.2, 0.25) is 0 Å². The molecule has 106 valence electrons. The van der Waals surface area contributed by atoms with Crippen molar-refractivity contribution in [2.24, 2.45) is 5.92 Å². The summed E-state index contributed by atoms with van der Waals surface area (Å²) in [6.45, 7) is 3.63. The molecule has 0 radical (unpaired) electrons. The van der Waals surface area contributed by atoms with E-state index < -0.39 is 12.0 Å². The number of rotatable bonds is 5. The Morgan fingerprint density at radius 3 is 2.70 bits per heavy atom. The fourth-order valence-corrected chi connectivity index (χ4v) is 2.53. The number of anilines is 1. The van der Waals surface area contributed by atoms with Gasteiger partial charge in [0.2, 0.25) is 0 Å². The van der Waals surface area contributed by atoms with Gasteiger partial charge in [-0.15, -0.1) is 11.3 Å². The molecule has 1 atom stereocenters. The van der Waals surface area contributed by atoms with Gasteiger partial charge in [0.05, 0.1) is 5.69 Å². The predicted molar refractivity (Wildman–Crippen MR) is 77.4 cm³/mol. The standard InChI is InChI=1S/C14H15FN2O2S/c1-8(2)12(13(18)19)17-14-16-11(7-20-14)9-5-3-4-6-10(9)15/h3-8,12H,1-2H3,(H,16,17)(H,18,19)/t12-/m1/s1. The summed E-state index contributed by atoms with van der Waals surface area (Å²) in [5.41, 5.74) is 0.914. The number of hydrogen-bond acceptors (Lipinski definition) is 4. The molecule has 2 aromatic rings. The van der Waals surface area contributed by atoms with E-state index in [4.69, 9.17) is 5.11 Å². The Morgan fingerprint density at radius 2 is 2.10 bits per heavy atom. The van der Waals surface area contributed by atoms with Crippen molar-refractivity contribution in [2.45, 2.75) is 19.9 Å². The number of nitrogens with zero attached hydrogens (tertiary/aromatic N) is 1. The van der Waals surface area contributed by atoms with Gasteiger partial charge >= 0.3 is 5.97 Å². The minimum absolute atomic E-state index is 0.0756. The van der Waals surface area contributed by atoms with Crippen molar-refractivity contribution in [3.05, 3.63) is 35.5 Å². The molecule has 6 heteroatoms. The molecular formula is C14H15FN2O2S. The zero-order valence-corrected chi connectivity index (χ0v) is 11.9. The van der Waals surface area contributed by atoms with Crippen LogP contribution in [0.25, 0.3) is 11.3 Å². The highest BCUT2D eigenvalue weighted by Gasteiger charge is 2.22. The van der Waals surface area contributed by atoms with Crippen LogP contribution < -0.4 is 5.32 Å². The van der Waals surface area contributed by atoms with Crippen molar-refractivity contribution in [3.63, 3.8) is 0 Å². The van der Waals surface area contributed by atoms with Crippen LogP contribution in [0.5, 0.6) is 0 Å². The molecule has 0 fully saturated rings. The minimum Gasteiger partial charge on any atom is -0.480 e. The van der Waals surface area contributed by atoms with Crippen LogP contribution in [0.15, 0.2) is 29.6 Å². The van der Waals surface area contributed by atoms with Crippen LogP contribution in [0.1, 0.15) is 13.8 Å². The molecule has 2 N–H and O–H groups in total. The lowest BCUT2D eigenvalue weighted by atomic mass is 10.1. The van der Waals surface area contributed by atoms with E-state index in [0.29, 0.717) is 16.4 Å². The number of carboxylic acid groups (broad SMARTS) is 1. The van der Waals surface area contributed by atoms with E-state index in [-0.39, 0.29) is 11.7 Å². The van der Waals surface area contributed by atoms with Crippen LogP contribution in [-0.2, 0) is 4.79 Å². The van der Waals surface area contributed by atoms with Gasteiger partial charge in [0.15, 0.2) is 5.13 Å². The summed E-state index contributed by atoms with van der Waals surface area (Å²) in [7, 11) is 0. The molecule has 0 aliphatic rings. The fourth-order valence-electron chi connectivity index (χ4n) is 1.78. The van der Waals surface area contributed by atoms with Crippen molar-refractivity contribution >= 4 is 22.4 Å². The second-order valence-corrected chi connectivity index (χ2v) is 5.58. The maximum absolute atomic E-state index is 13.7. The average Bonchev–Trinajstić information content (AvgIpc) is 2.84. The summed E-state index contributed by atoms with van der Waals surface area (Å²) >= 11 is 1.26.